The zero-order chi connectivity index (χ0) is 19.1. The third kappa shape index (κ3) is 5.98. The van der Waals surface area contributed by atoms with Gasteiger partial charge >= 0.3 is 0 Å². The summed E-state index contributed by atoms with van der Waals surface area (Å²) >= 11 is 0. The molecule has 2 N–H and O–H groups in total. The van der Waals surface area contributed by atoms with E-state index in [9.17, 15) is 4.79 Å². The van der Waals surface area contributed by atoms with Crippen LogP contribution in [0.25, 0.3) is 0 Å². The number of carbonyl (C=O) groups is 1. The lowest BCUT2D eigenvalue weighted by atomic mass is 10.1. The van der Waals surface area contributed by atoms with Crippen LogP contribution in [0.2, 0.25) is 0 Å². The van der Waals surface area contributed by atoms with Crippen LogP contribution in [0.5, 0.6) is 5.75 Å². The molecule has 0 bridgehead atoms. The van der Waals surface area contributed by atoms with E-state index in [2.05, 4.69) is 15.6 Å². The minimum atomic E-state index is -0.0428. The number of amides is 1. The predicted octanol–water partition coefficient (Wildman–Crippen LogP) is 5.07. The number of rotatable bonds is 6. The molecule has 0 unspecified atom stereocenters. The highest BCUT2D eigenvalue weighted by atomic mass is 16.5. The minimum absolute atomic E-state index is 0.0428. The van der Waals surface area contributed by atoms with Crippen LogP contribution in [-0.4, -0.2) is 23.0 Å². The van der Waals surface area contributed by atoms with E-state index in [0.717, 1.165) is 30.0 Å². The molecule has 1 aliphatic carbocycles. The largest absolute Gasteiger partial charge is 0.491 e. The molecule has 0 atom stereocenters. The van der Waals surface area contributed by atoms with Crippen molar-refractivity contribution in [1.29, 1.82) is 0 Å². The second kappa shape index (κ2) is 9.40. The van der Waals surface area contributed by atoms with Gasteiger partial charge in [0.15, 0.2) is 0 Å². The molecule has 0 radical (unpaired) electrons. The molecule has 1 aliphatic rings. The van der Waals surface area contributed by atoms with Gasteiger partial charge in [-0.05, 0) is 57.0 Å². The lowest BCUT2D eigenvalue weighted by molar-refractivity contribution is 0.0933. The van der Waals surface area contributed by atoms with Crippen molar-refractivity contribution in [2.75, 3.05) is 5.32 Å². The number of nitrogens with zero attached hydrogens (tertiary/aromatic N) is 1. The quantitative estimate of drug-likeness (QED) is 0.700. The average Bonchev–Trinajstić information content (AvgIpc) is 2.92. The molecule has 1 saturated carbocycles. The Morgan fingerprint density at radius 2 is 1.74 bits per heavy atom. The number of hydrogen-bond acceptors (Lipinski definition) is 4. The molecule has 0 spiro atoms. The van der Waals surface area contributed by atoms with Gasteiger partial charge in [0, 0.05) is 17.9 Å². The summed E-state index contributed by atoms with van der Waals surface area (Å²) in [5.41, 5.74) is 2.30. The van der Waals surface area contributed by atoms with Crippen molar-refractivity contribution in [3.05, 3.63) is 48.3 Å². The summed E-state index contributed by atoms with van der Waals surface area (Å²) in [5.74, 6) is 0.795. The van der Waals surface area contributed by atoms with E-state index in [1.807, 2.05) is 44.2 Å². The number of nitrogens with one attached hydrogen (secondary N) is 2. The lowest BCUT2D eigenvalue weighted by Gasteiger charge is -2.16. The van der Waals surface area contributed by atoms with E-state index < -0.39 is 0 Å². The van der Waals surface area contributed by atoms with Crippen molar-refractivity contribution in [2.24, 2.45) is 0 Å². The average molecular weight is 367 g/mol. The number of pyridine rings is 1. The Labute approximate surface area is 161 Å². The van der Waals surface area contributed by atoms with Gasteiger partial charge in [-0.2, -0.15) is 0 Å². The highest BCUT2D eigenvalue weighted by Gasteiger charge is 2.16. The highest BCUT2D eigenvalue weighted by molar-refractivity contribution is 5.95. The second-order valence-electron chi connectivity index (χ2n) is 7.44. The van der Waals surface area contributed by atoms with Gasteiger partial charge in [0.2, 0.25) is 0 Å². The molecule has 144 valence electrons. The van der Waals surface area contributed by atoms with Gasteiger partial charge in [0.05, 0.1) is 23.6 Å². The first-order chi connectivity index (χ1) is 13.1. The lowest BCUT2D eigenvalue weighted by Crippen LogP contribution is -2.34. The van der Waals surface area contributed by atoms with Crippen molar-refractivity contribution < 1.29 is 9.53 Å². The maximum atomic E-state index is 12.6. The first kappa shape index (κ1) is 19.2. The molecule has 27 heavy (non-hydrogen) atoms. The molecule has 0 saturated heterocycles. The molecular weight excluding hydrogens is 338 g/mol. The van der Waals surface area contributed by atoms with Gasteiger partial charge in [-0.3, -0.25) is 9.78 Å². The van der Waals surface area contributed by atoms with E-state index in [-0.39, 0.29) is 18.1 Å². The molecule has 5 heteroatoms. The SMILES string of the molecule is CC(C)Oc1ccc(Nc2cncc(C(=O)NC3CCCCCC3)c2)cc1. The van der Waals surface area contributed by atoms with E-state index >= 15 is 0 Å². The smallest absolute Gasteiger partial charge is 0.253 e. The van der Waals surface area contributed by atoms with Gasteiger partial charge in [-0.15, -0.1) is 0 Å². The first-order valence-electron chi connectivity index (χ1n) is 9.90. The zero-order valence-corrected chi connectivity index (χ0v) is 16.2. The highest BCUT2D eigenvalue weighted by Crippen LogP contribution is 2.21. The standard InChI is InChI=1S/C22H29N3O2/c1-16(2)27-21-11-9-19(10-12-21)24-20-13-17(14-23-15-20)22(26)25-18-7-5-3-4-6-8-18/h9-16,18,24H,3-8H2,1-2H3,(H,25,26). The van der Waals surface area contributed by atoms with E-state index in [0.29, 0.717) is 5.56 Å². The summed E-state index contributed by atoms with van der Waals surface area (Å²) in [5, 5.41) is 6.46. The minimum Gasteiger partial charge on any atom is -0.491 e. The fourth-order valence-corrected chi connectivity index (χ4v) is 3.38. The molecule has 1 heterocycles. The normalized spacial score (nSPS) is 15.2. The monoisotopic (exact) mass is 367 g/mol. The summed E-state index contributed by atoms with van der Waals surface area (Å²) in [6, 6.07) is 9.89. The van der Waals surface area contributed by atoms with E-state index in [1.54, 1.807) is 12.4 Å². The summed E-state index contributed by atoms with van der Waals surface area (Å²) in [6.45, 7) is 4.01. The Morgan fingerprint density at radius 3 is 2.41 bits per heavy atom. The topological polar surface area (TPSA) is 63.2 Å². The Hall–Kier alpha value is -2.56. The number of ether oxygens (including phenoxy) is 1. The maximum absolute atomic E-state index is 12.6. The van der Waals surface area contributed by atoms with Gasteiger partial charge < -0.3 is 15.4 Å². The third-order valence-corrected chi connectivity index (χ3v) is 4.71. The van der Waals surface area contributed by atoms with Crippen LogP contribution in [0, 0.1) is 0 Å². The Morgan fingerprint density at radius 1 is 1.04 bits per heavy atom. The van der Waals surface area contributed by atoms with Crippen molar-refractivity contribution in [3.63, 3.8) is 0 Å². The number of hydrogen-bond donors (Lipinski definition) is 2. The molecule has 1 amide bonds. The van der Waals surface area contributed by atoms with Gasteiger partial charge in [0.1, 0.15) is 5.75 Å². The number of anilines is 2. The summed E-state index contributed by atoms with van der Waals surface area (Å²) in [6.07, 6.45) is 10.6. The molecule has 1 aromatic carbocycles. The number of aromatic nitrogens is 1. The van der Waals surface area contributed by atoms with Crippen molar-refractivity contribution >= 4 is 17.3 Å². The maximum Gasteiger partial charge on any atom is 0.253 e. The van der Waals surface area contributed by atoms with Gasteiger partial charge in [-0.25, -0.2) is 0 Å². The summed E-state index contributed by atoms with van der Waals surface area (Å²) in [4.78, 5) is 16.8. The predicted molar refractivity (Wildman–Crippen MR) is 109 cm³/mol. The number of benzene rings is 1. The Kier molecular flexibility index (Phi) is 6.69. The second-order valence-corrected chi connectivity index (χ2v) is 7.44. The van der Waals surface area contributed by atoms with Crippen LogP contribution in [-0.2, 0) is 0 Å². The van der Waals surface area contributed by atoms with E-state index in [1.165, 1.54) is 25.7 Å². The fraction of sp³-hybridized carbons (Fsp3) is 0.455. The van der Waals surface area contributed by atoms with Crippen LogP contribution in [0.3, 0.4) is 0 Å². The van der Waals surface area contributed by atoms with E-state index in [4.69, 9.17) is 4.74 Å². The molecule has 1 fully saturated rings. The first-order valence-corrected chi connectivity index (χ1v) is 9.90. The van der Waals surface area contributed by atoms with Crippen LogP contribution in [0.1, 0.15) is 62.7 Å². The van der Waals surface area contributed by atoms with Crippen LogP contribution < -0.4 is 15.4 Å². The fourth-order valence-electron chi connectivity index (χ4n) is 3.38. The van der Waals surface area contributed by atoms with Crippen LogP contribution in [0.15, 0.2) is 42.7 Å². The van der Waals surface area contributed by atoms with Gasteiger partial charge in [0.25, 0.3) is 5.91 Å². The molecule has 0 aliphatic heterocycles. The van der Waals surface area contributed by atoms with Crippen molar-refractivity contribution in [1.82, 2.24) is 10.3 Å². The van der Waals surface area contributed by atoms with Crippen LogP contribution >= 0.6 is 0 Å². The molecule has 3 rings (SSSR count). The summed E-state index contributed by atoms with van der Waals surface area (Å²) in [7, 11) is 0. The molecule has 5 nitrogen and oxygen atoms in total. The third-order valence-electron chi connectivity index (χ3n) is 4.71. The summed E-state index contributed by atoms with van der Waals surface area (Å²) < 4.78 is 5.66. The van der Waals surface area contributed by atoms with Gasteiger partial charge in [-0.1, -0.05) is 25.7 Å². The van der Waals surface area contributed by atoms with Crippen molar-refractivity contribution in [2.45, 2.75) is 64.5 Å². The van der Waals surface area contributed by atoms with Crippen LogP contribution in [0.4, 0.5) is 11.4 Å². The zero-order valence-electron chi connectivity index (χ0n) is 16.2. The number of carbonyl (C=O) groups excluding carboxylic acids is 1. The Balaban J connectivity index is 1.61. The Bertz CT molecular complexity index is 735. The molecule has 2 aromatic rings. The molecular formula is C22H29N3O2. The molecule has 1 aromatic heterocycles. The van der Waals surface area contributed by atoms with Crippen molar-refractivity contribution in [3.8, 4) is 5.75 Å².